The Morgan fingerprint density at radius 2 is 1.92 bits per heavy atom. The van der Waals surface area contributed by atoms with Crippen LogP contribution < -0.4 is 0 Å². The minimum atomic E-state index is -3.59. The van der Waals surface area contributed by atoms with Crippen LogP contribution in [0.1, 0.15) is 29.7 Å². The van der Waals surface area contributed by atoms with Crippen LogP contribution in [0.4, 0.5) is 0 Å². The Kier molecular flexibility index (Phi) is 4.55. The molecule has 0 N–H and O–H groups in total. The van der Waals surface area contributed by atoms with Gasteiger partial charge in [-0.15, -0.1) is 0 Å². The summed E-state index contributed by atoms with van der Waals surface area (Å²) < 4.78 is 33.0. The molecule has 1 saturated heterocycles. The van der Waals surface area contributed by atoms with Crippen LogP contribution >= 0.6 is 11.6 Å². The van der Waals surface area contributed by atoms with Crippen molar-refractivity contribution in [3.8, 4) is 0 Å². The van der Waals surface area contributed by atoms with Crippen molar-refractivity contribution >= 4 is 21.6 Å². The molecular weight excluding hydrogens is 372 g/mol. The molecule has 0 amide bonds. The fraction of sp³-hybridized carbons (Fsp3) is 0.421. The number of hydrogen-bond acceptors (Lipinski definition) is 4. The summed E-state index contributed by atoms with van der Waals surface area (Å²) in [5.41, 5.74) is 2.38. The molecule has 138 valence electrons. The first-order chi connectivity index (χ1) is 12.4. The van der Waals surface area contributed by atoms with Crippen molar-refractivity contribution in [2.24, 2.45) is 0 Å². The Labute approximate surface area is 159 Å². The van der Waals surface area contributed by atoms with E-state index in [1.807, 2.05) is 18.2 Å². The summed E-state index contributed by atoms with van der Waals surface area (Å²) in [5, 5.41) is 0.373. The van der Waals surface area contributed by atoms with E-state index in [0.717, 1.165) is 24.8 Å². The number of likely N-dealkylation sites (N-methyl/N-ethyl adjacent to an activating group) is 1. The molecule has 1 aliphatic carbocycles. The number of pyridine rings is 1. The Morgan fingerprint density at radius 3 is 2.62 bits per heavy atom. The number of rotatable bonds is 5. The van der Waals surface area contributed by atoms with Crippen molar-refractivity contribution < 1.29 is 13.2 Å². The second-order valence-corrected chi connectivity index (χ2v) is 9.46. The monoisotopic (exact) mass is 392 g/mol. The zero-order valence-electron chi connectivity index (χ0n) is 14.6. The smallest absolute Gasteiger partial charge is 0.242 e. The number of benzene rings is 1. The molecule has 0 bridgehead atoms. The normalized spacial score (nSPS) is 22.3. The van der Waals surface area contributed by atoms with Gasteiger partial charge >= 0.3 is 0 Å². The van der Waals surface area contributed by atoms with Crippen LogP contribution in [0.2, 0.25) is 5.15 Å². The molecule has 0 radical (unpaired) electrons. The average molecular weight is 393 g/mol. The fourth-order valence-corrected chi connectivity index (χ4v) is 5.00. The van der Waals surface area contributed by atoms with E-state index in [0.29, 0.717) is 22.3 Å². The maximum Gasteiger partial charge on any atom is 0.242 e. The van der Waals surface area contributed by atoms with Crippen LogP contribution in [0, 0.1) is 0 Å². The number of epoxide rings is 1. The van der Waals surface area contributed by atoms with Gasteiger partial charge in [-0.25, -0.2) is 13.4 Å². The quantitative estimate of drug-likeness (QED) is 0.579. The van der Waals surface area contributed by atoms with E-state index in [9.17, 15) is 8.42 Å². The van der Waals surface area contributed by atoms with Crippen LogP contribution in [-0.4, -0.2) is 37.9 Å². The van der Waals surface area contributed by atoms with Crippen LogP contribution in [-0.2, 0) is 33.2 Å². The molecule has 7 heteroatoms. The SMILES string of the molecule is CN(C[C@@]1(c2cccc(Cl)n2)CO1)S(=O)(=O)c1ccc2c(c1)CCCC2. The molecule has 26 heavy (non-hydrogen) atoms. The Bertz CT molecular complexity index is 942. The predicted octanol–water partition coefficient (Wildman–Crippen LogP) is 3.16. The minimum Gasteiger partial charge on any atom is -0.361 e. The highest BCUT2D eigenvalue weighted by Crippen LogP contribution is 2.39. The van der Waals surface area contributed by atoms with Crippen molar-refractivity contribution in [1.82, 2.24) is 9.29 Å². The molecular formula is C19H21ClN2O3S. The third kappa shape index (κ3) is 3.27. The number of hydrogen-bond donors (Lipinski definition) is 0. The number of sulfonamides is 1. The molecule has 1 aromatic carbocycles. The van der Waals surface area contributed by atoms with E-state index in [2.05, 4.69) is 4.98 Å². The van der Waals surface area contributed by atoms with Crippen LogP contribution in [0.5, 0.6) is 0 Å². The summed E-state index contributed by atoms with van der Waals surface area (Å²) >= 11 is 5.97. The topological polar surface area (TPSA) is 62.8 Å². The van der Waals surface area contributed by atoms with Gasteiger partial charge in [0.1, 0.15) is 10.8 Å². The molecule has 2 heterocycles. The predicted molar refractivity (Wildman–Crippen MR) is 99.8 cm³/mol. The molecule has 0 spiro atoms. The van der Waals surface area contributed by atoms with Crippen molar-refractivity contribution in [2.45, 2.75) is 36.2 Å². The van der Waals surface area contributed by atoms with Gasteiger partial charge < -0.3 is 4.74 Å². The highest BCUT2D eigenvalue weighted by Gasteiger charge is 2.50. The first-order valence-corrected chi connectivity index (χ1v) is 10.6. The zero-order chi connectivity index (χ0) is 18.4. The lowest BCUT2D eigenvalue weighted by atomic mass is 9.92. The highest BCUT2D eigenvalue weighted by molar-refractivity contribution is 7.89. The largest absolute Gasteiger partial charge is 0.361 e. The second kappa shape index (κ2) is 6.60. The van der Waals surface area contributed by atoms with Gasteiger partial charge in [-0.2, -0.15) is 4.31 Å². The van der Waals surface area contributed by atoms with Gasteiger partial charge in [-0.05, 0) is 61.1 Å². The number of ether oxygens (including phenoxy) is 1. The second-order valence-electron chi connectivity index (χ2n) is 7.03. The lowest BCUT2D eigenvalue weighted by Gasteiger charge is -2.23. The van der Waals surface area contributed by atoms with Crippen LogP contribution in [0.25, 0.3) is 0 Å². The van der Waals surface area contributed by atoms with E-state index in [4.69, 9.17) is 16.3 Å². The summed E-state index contributed by atoms with van der Waals surface area (Å²) in [6.45, 7) is 0.643. The highest BCUT2D eigenvalue weighted by atomic mass is 35.5. The van der Waals surface area contributed by atoms with Crippen molar-refractivity contribution in [3.63, 3.8) is 0 Å². The Balaban J connectivity index is 1.58. The molecule has 1 atom stereocenters. The summed E-state index contributed by atoms with van der Waals surface area (Å²) in [6.07, 6.45) is 4.26. The Hall–Kier alpha value is -1.47. The third-order valence-corrected chi connectivity index (χ3v) is 7.19. The van der Waals surface area contributed by atoms with Gasteiger partial charge in [-0.3, -0.25) is 0 Å². The maximum atomic E-state index is 13.0. The first kappa shape index (κ1) is 17.9. The van der Waals surface area contributed by atoms with Gasteiger partial charge in [0.15, 0.2) is 0 Å². The molecule has 0 unspecified atom stereocenters. The number of aryl methyl sites for hydroxylation is 2. The fourth-order valence-electron chi connectivity index (χ4n) is 3.56. The maximum absolute atomic E-state index is 13.0. The van der Waals surface area contributed by atoms with Gasteiger partial charge in [0, 0.05) is 7.05 Å². The Morgan fingerprint density at radius 1 is 1.19 bits per heavy atom. The summed E-state index contributed by atoms with van der Waals surface area (Å²) in [4.78, 5) is 4.63. The van der Waals surface area contributed by atoms with E-state index in [1.54, 1.807) is 25.2 Å². The lowest BCUT2D eigenvalue weighted by Crippen LogP contribution is -2.35. The molecule has 4 rings (SSSR count). The van der Waals surface area contributed by atoms with E-state index >= 15 is 0 Å². The average Bonchev–Trinajstić information content (AvgIpc) is 3.42. The van der Waals surface area contributed by atoms with Gasteiger partial charge in [0.25, 0.3) is 0 Å². The molecule has 1 fully saturated rings. The summed E-state index contributed by atoms with van der Waals surface area (Å²) in [7, 11) is -2.01. The number of fused-ring (bicyclic) bond motifs is 1. The lowest BCUT2D eigenvalue weighted by molar-refractivity contribution is 0.261. The summed E-state index contributed by atoms with van der Waals surface area (Å²) in [5.74, 6) is 0. The number of aromatic nitrogens is 1. The molecule has 2 aliphatic rings. The first-order valence-electron chi connectivity index (χ1n) is 8.76. The van der Waals surface area contributed by atoms with Gasteiger partial charge in [0.2, 0.25) is 10.0 Å². The van der Waals surface area contributed by atoms with E-state index in [1.165, 1.54) is 16.3 Å². The van der Waals surface area contributed by atoms with Crippen LogP contribution in [0.15, 0.2) is 41.3 Å². The molecule has 2 aromatic rings. The zero-order valence-corrected chi connectivity index (χ0v) is 16.2. The van der Waals surface area contributed by atoms with E-state index in [-0.39, 0.29) is 6.54 Å². The minimum absolute atomic E-state index is 0.208. The van der Waals surface area contributed by atoms with E-state index < -0.39 is 15.6 Å². The summed E-state index contributed by atoms with van der Waals surface area (Å²) in [6, 6.07) is 10.8. The van der Waals surface area contributed by atoms with Gasteiger partial charge in [-0.1, -0.05) is 23.7 Å². The molecule has 1 aliphatic heterocycles. The van der Waals surface area contributed by atoms with Gasteiger partial charge in [0.05, 0.1) is 23.7 Å². The van der Waals surface area contributed by atoms with Crippen LogP contribution in [0.3, 0.4) is 0 Å². The standard InChI is InChI=1S/C19H21ClN2O3S/c1-22(12-19(13-25-19)17-7-4-8-18(20)21-17)26(23,24)16-10-9-14-5-2-3-6-15(14)11-16/h4,7-11H,2-3,5-6,12-13H2,1H3/t19-/m0/s1. The number of nitrogens with zero attached hydrogens (tertiary/aromatic N) is 2. The molecule has 0 saturated carbocycles. The van der Waals surface area contributed by atoms with Crippen molar-refractivity contribution in [3.05, 3.63) is 58.4 Å². The molecule has 5 nitrogen and oxygen atoms in total. The molecule has 1 aromatic heterocycles. The number of halogens is 1. The third-order valence-electron chi connectivity index (χ3n) is 5.18. The van der Waals surface area contributed by atoms with Crippen molar-refractivity contribution in [2.75, 3.05) is 20.2 Å². The van der Waals surface area contributed by atoms with Crippen molar-refractivity contribution in [1.29, 1.82) is 0 Å².